The first-order valence-corrected chi connectivity index (χ1v) is 6.27. The summed E-state index contributed by atoms with van der Waals surface area (Å²) in [4.78, 5) is 13.6. The van der Waals surface area contributed by atoms with Gasteiger partial charge in [-0.1, -0.05) is 28.1 Å². The van der Waals surface area contributed by atoms with Gasteiger partial charge in [0, 0.05) is 24.1 Å². The molecular weight excluding hydrogens is 268 g/mol. The monoisotopic (exact) mass is 282 g/mol. The van der Waals surface area contributed by atoms with Crippen LogP contribution in [0.15, 0.2) is 28.7 Å². The Morgan fingerprint density at radius 1 is 1.44 bits per heavy atom. The van der Waals surface area contributed by atoms with E-state index in [1.165, 1.54) is 5.56 Å². The number of hydrogen-bond donors (Lipinski definition) is 1. The zero-order chi connectivity index (χ0) is 11.4. The van der Waals surface area contributed by atoms with Gasteiger partial charge >= 0.3 is 0 Å². The van der Waals surface area contributed by atoms with Crippen LogP contribution in [-0.4, -0.2) is 30.4 Å². The zero-order valence-electron chi connectivity index (χ0n) is 9.08. The molecule has 0 radical (unpaired) electrons. The highest BCUT2D eigenvalue weighted by atomic mass is 79.9. The maximum atomic E-state index is 11.4. The minimum Gasteiger partial charge on any atom is -0.355 e. The highest BCUT2D eigenvalue weighted by molar-refractivity contribution is 9.10. The summed E-state index contributed by atoms with van der Waals surface area (Å²) in [5, 5.41) is 2.88. The van der Waals surface area contributed by atoms with E-state index in [0.29, 0.717) is 6.54 Å². The molecule has 0 bridgehead atoms. The van der Waals surface area contributed by atoms with E-state index in [0.717, 1.165) is 30.5 Å². The van der Waals surface area contributed by atoms with Gasteiger partial charge in [-0.2, -0.15) is 0 Å². The summed E-state index contributed by atoms with van der Waals surface area (Å²) >= 11 is 3.46. The molecule has 0 aromatic heterocycles. The third kappa shape index (κ3) is 3.32. The predicted molar refractivity (Wildman–Crippen MR) is 67.0 cm³/mol. The molecule has 1 saturated heterocycles. The number of halogens is 1. The van der Waals surface area contributed by atoms with Crippen LogP contribution >= 0.6 is 15.9 Å². The van der Waals surface area contributed by atoms with Crippen molar-refractivity contribution in [1.82, 2.24) is 10.2 Å². The van der Waals surface area contributed by atoms with Crippen LogP contribution in [0.4, 0.5) is 0 Å². The Morgan fingerprint density at radius 2 is 2.31 bits per heavy atom. The molecule has 1 amide bonds. The van der Waals surface area contributed by atoms with Crippen molar-refractivity contribution >= 4 is 21.8 Å². The van der Waals surface area contributed by atoms with Gasteiger partial charge in [-0.25, -0.2) is 0 Å². The molecule has 1 fully saturated rings. The molecule has 0 spiro atoms. The first kappa shape index (κ1) is 11.6. The van der Waals surface area contributed by atoms with Crippen molar-refractivity contribution in [3.63, 3.8) is 0 Å². The molecule has 1 aliphatic rings. The maximum Gasteiger partial charge on any atom is 0.234 e. The minimum absolute atomic E-state index is 0.132. The number of nitrogens with zero attached hydrogens (tertiary/aromatic N) is 1. The zero-order valence-corrected chi connectivity index (χ0v) is 10.7. The van der Waals surface area contributed by atoms with Crippen LogP contribution in [0.5, 0.6) is 0 Å². The van der Waals surface area contributed by atoms with E-state index < -0.39 is 0 Å². The van der Waals surface area contributed by atoms with Gasteiger partial charge < -0.3 is 5.32 Å². The summed E-state index contributed by atoms with van der Waals surface area (Å²) in [6.07, 6.45) is 1.03. The van der Waals surface area contributed by atoms with Crippen LogP contribution < -0.4 is 5.32 Å². The number of carbonyl (C=O) groups is 1. The maximum absolute atomic E-state index is 11.4. The molecule has 0 unspecified atom stereocenters. The average molecular weight is 283 g/mol. The molecule has 1 aromatic rings. The summed E-state index contributed by atoms with van der Waals surface area (Å²) < 4.78 is 1.09. The summed E-state index contributed by atoms with van der Waals surface area (Å²) in [5.74, 6) is 0.132. The Bertz CT molecular complexity index is 381. The van der Waals surface area contributed by atoms with Gasteiger partial charge in [-0.05, 0) is 24.1 Å². The molecule has 16 heavy (non-hydrogen) atoms. The number of hydrogen-bond acceptors (Lipinski definition) is 2. The second-order valence-electron chi connectivity index (χ2n) is 4.04. The van der Waals surface area contributed by atoms with Crippen molar-refractivity contribution in [2.24, 2.45) is 0 Å². The summed E-state index contributed by atoms with van der Waals surface area (Å²) in [5.41, 5.74) is 1.24. The molecule has 1 N–H and O–H groups in total. The van der Waals surface area contributed by atoms with E-state index in [-0.39, 0.29) is 5.91 Å². The van der Waals surface area contributed by atoms with Crippen molar-refractivity contribution in [3.05, 3.63) is 34.3 Å². The number of amides is 1. The Morgan fingerprint density at radius 3 is 3.12 bits per heavy atom. The van der Waals surface area contributed by atoms with E-state index in [9.17, 15) is 4.79 Å². The third-order valence-corrected chi connectivity index (χ3v) is 3.13. The standard InChI is InChI=1S/C12H15BrN2O/c13-11-4-1-3-10(7-11)8-15-6-2-5-14-12(16)9-15/h1,3-4,7H,2,5-6,8-9H2,(H,14,16). The molecule has 0 atom stereocenters. The minimum atomic E-state index is 0.132. The lowest BCUT2D eigenvalue weighted by Crippen LogP contribution is -2.32. The normalized spacial score (nSPS) is 17.9. The molecule has 2 rings (SSSR count). The van der Waals surface area contributed by atoms with Crippen molar-refractivity contribution in [3.8, 4) is 0 Å². The fourth-order valence-electron chi connectivity index (χ4n) is 1.90. The van der Waals surface area contributed by atoms with Gasteiger partial charge in [0.15, 0.2) is 0 Å². The Balaban J connectivity index is 2.00. The first-order chi connectivity index (χ1) is 7.74. The number of rotatable bonds is 2. The van der Waals surface area contributed by atoms with E-state index in [1.807, 2.05) is 12.1 Å². The van der Waals surface area contributed by atoms with Gasteiger partial charge in [-0.15, -0.1) is 0 Å². The largest absolute Gasteiger partial charge is 0.355 e. The van der Waals surface area contributed by atoms with Gasteiger partial charge in [0.25, 0.3) is 0 Å². The van der Waals surface area contributed by atoms with E-state index in [4.69, 9.17) is 0 Å². The highest BCUT2D eigenvalue weighted by Gasteiger charge is 2.14. The summed E-state index contributed by atoms with van der Waals surface area (Å²) in [7, 11) is 0. The van der Waals surface area contributed by atoms with Crippen LogP contribution in [0.1, 0.15) is 12.0 Å². The van der Waals surface area contributed by atoms with Crippen LogP contribution in [0.2, 0.25) is 0 Å². The first-order valence-electron chi connectivity index (χ1n) is 5.47. The molecule has 0 saturated carbocycles. The topological polar surface area (TPSA) is 32.3 Å². The van der Waals surface area contributed by atoms with Crippen LogP contribution in [-0.2, 0) is 11.3 Å². The Kier molecular flexibility index (Phi) is 3.96. The van der Waals surface area contributed by atoms with Crippen LogP contribution in [0, 0.1) is 0 Å². The third-order valence-electron chi connectivity index (χ3n) is 2.64. The van der Waals surface area contributed by atoms with Crippen molar-refractivity contribution < 1.29 is 4.79 Å². The van der Waals surface area contributed by atoms with Gasteiger partial charge in [0.05, 0.1) is 6.54 Å². The van der Waals surface area contributed by atoms with Crippen molar-refractivity contribution in [2.45, 2.75) is 13.0 Å². The Labute approximate surface area is 104 Å². The van der Waals surface area contributed by atoms with E-state index in [2.05, 4.69) is 38.3 Å². The molecule has 1 heterocycles. The van der Waals surface area contributed by atoms with Crippen molar-refractivity contribution in [2.75, 3.05) is 19.6 Å². The molecule has 1 aromatic carbocycles. The van der Waals surface area contributed by atoms with Gasteiger partial charge in [0.1, 0.15) is 0 Å². The quantitative estimate of drug-likeness (QED) is 0.897. The molecule has 3 nitrogen and oxygen atoms in total. The summed E-state index contributed by atoms with van der Waals surface area (Å²) in [6.45, 7) is 3.12. The molecular formula is C12H15BrN2O. The lowest BCUT2D eigenvalue weighted by Gasteiger charge is -2.18. The molecule has 86 valence electrons. The van der Waals surface area contributed by atoms with E-state index >= 15 is 0 Å². The second kappa shape index (κ2) is 5.46. The number of benzene rings is 1. The Hall–Kier alpha value is -0.870. The van der Waals surface area contributed by atoms with Crippen LogP contribution in [0.3, 0.4) is 0 Å². The molecule has 4 heteroatoms. The number of nitrogens with one attached hydrogen (secondary N) is 1. The SMILES string of the molecule is O=C1CN(Cc2cccc(Br)c2)CCCN1. The van der Waals surface area contributed by atoms with Gasteiger partial charge in [-0.3, -0.25) is 9.69 Å². The lowest BCUT2D eigenvalue weighted by atomic mass is 10.2. The van der Waals surface area contributed by atoms with Crippen LogP contribution in [0.25, 0.3) is 0 Å². The molecule has 0 aliphatic carbocycles. The fourth-order valence-corrected chi connectivity index (χ4v) is 2.34. The number of carbonyl (C=O) groups excluding carboxylic acids is 1. The fraction of sp³-hybridized carbons (Fsp3) is 0.417. The second-order valence-corrected chi connectivity index (χ2v) is 4.96. The van der Waals surface area contributed by atoms with E-state index in [1.54, 1.807) is 0 Å². The summed E-state index contributed by atoms with van der Waals surface area (Å²) in [6, 6.07) is 8.23. The predicted octanol–water partition coefficient (Wildman–Crippen LogP) is 1.77. The highest BCUT2D eigenvalue weighted by Crippen LogP contribution is 2.13. The average Bonchev–Trinajstić information content (AvgIpc) is 2.43. The lowest BCUT2D eigenvalue weighted by molar-refractivity contribution is -0.121. The van der Waals surface area contributed by atoms with Crippen molar-refractivity contribution in [1.29, 1.82) is 0 Å². The van der Waals surface area contributed by atoms with Gasteiger partial charge in [0.2, 0.25) is 5.91 Å². The molecule has 1 aliphatic heterocycles. The smallest absolute Gasteiger partial charge is 0.234 e.